The number of nitrogens with two attached hydrogens (primary N) is 1. The molecule has 1 spiro atoms. The van der Waals surface area contributed by atoms with E-state index >= 15 is 0 Å². The molecule has 0 bridgehead atoms. The molecule has 2 N–H and O–H groups in total. The Labute approximate surface area is 111 Å². The predicted octanol–water partition coefficient (Wildman–Crippen LogP) is 2.88. The van der Waals surface area contributed by atoms with E-state index in [-0.39, 0.29) is 5.41 Å². The third-order valence-electron chi connectivity index (χ3n) is 3.86. The minimum atomic E-state index is 0.202. The second kappa shape index (κ2) is 3.63. The van der Waals surface area contributed by atoms with Crippen LogP contribution in [0, 0.1) is 0 Å². The third kappa shape index (κ3) is 1.63. The van der Waals surface area contributed by atoms with E-state index in [2.05, 4.69) is 4.98 Å². The first kappa shape index (κ1) is 10.7. The highest BCUT2D eigenvalue weighted by Gasteiger charge is 2.52. The summed E-state index contributed by atoms with van der Waals surface area (Å²) in [6.45, 7) is 0.780. The Balaban J connectivity index is 1.73. The maximum Gasteiger partial charge on any atom is 0.145 e. The molecule has 4 nitrogen and oxygen atoms in total. The number of hydrogen-bond acceptors (Lipinski definition) is 4. The third-order valence-corrected chi connectivity index (χ3v) is 3.86. The van der Waals surface area contributed by atoms with Gasteiger partial charge in [-0.25, -0.2) is 4.98 Å². The first-order valence-corrected chi connectivity index (χ1v) is 6.43. The molecule has 2 aliphatic rings. The van der Waals surface area contributed by atoms with E-state index in [0.717, 1.165) is 18.1 Å². The van der Waals surface area contributed by atoms with E-state index in [4.69, 9.17) is 15.2 Å². The summed E-state index contributed by atoms with van der Waals surface area (Å²) in [5.41, 5.74) is 6.99. The van der Waals surface area contributed by atoms with Crippen LogP contribution in [-0.2, 0) is 5.41 Å². The SMILES string of the molecule is Nc1ccc(Oc2cccc3c2C2(CC2)CO3)cn1. The summed E-state index contributed by atoms with van der Waals surface area (Å²) in [5.74, 6) is 3.02. The molecule has 1 saturated carbocycles. The smallest absolute Gasteiger partial charge is 0.145 e. The second-order valence-electron chi connectivity index (χ2n) is 5.22. The Kier molecular flexibility index (Phi) is 2.04. The van der Waals surface area contributed by atoms with Gasteiger partial charge >= 0.3 is 0 Å². The van der Waals surface area contributed by atoms with Crippen molar-refractivity contribution < 1.29 is 9.47 Å². The first-order chi connectivity index (χ1) is 9.27. The van der Waals surface area contributed by atoms with E-state index in [1.165, 1.54) is 18.4 Å². The van der Waals surface area contributed by atoms with Gasteiger partial charge in [0, 0.05) is 11.0 Å². The molecule has 0 atom stereocenters. The average Bonchev–Trinajstić information content (AvgIpc) is 3.10. The van der Waals surface area contributed by atoms with Crippen molar-refractivity contribution in [2.24, 2.45) is 0 Å². The van der Waals surface area contributed by atoms with E-state index in [9.17, 15) is 0 Å². The number of fused-ring (bicyclic) bond motifs is 2. The van der Waals surface area contributed by atoms with Crippen molar-refractivity contribution in [2.45, 2.75) is 18.3 Å². The summed E-state index contributed by atoms with van der Waals surface area (Å²) < 4.78 is 11.7. The molecule has 4 rings (SSSR count). The van der Waals surface area contributed by atoms with Crippen LogP contribution in [0.1, 0.15) is 18.4 Å². The lowest BCUT2D eigenvalue weighted by Crippen LogP contribution is -2.08. The van der Waals surface area contributed by atoms with Crippen molar-refractivity contribution in [3.05, 3.63) is 42.1 Å². The number of nitrogens with zero attached hydrogens (tertiary/aromatic N) is 1. The fraction of sp³-hybridized carbons (Fsp3) is 0.267. The summed E-state index contributed by atoms with van der Waals surface area (Å²) in [6, 6.07) is 9.53. The molecule has 2 heterocycles. The van der Waals surface area contributed by atoms with Crippen LogP contribution in [0.15, 0.2) is 36.5 Å². The summed E-state index contributed by atoms with van der Waals surface area (Å²) >= 11 is 0. The van der Waals surface area contributed by atoms with Gasteiger partial charge in [-0.05, 0) is 37.1 Å². The standard InChI is InChI=1S/C15H14N2O2/c16-13-5-4-10(8-17-13)19-12-3-1-2-11-14(12)15(6-7-15)9-18-11/h1-5,8H,6-7,9H2,(H2,16,17). The van der Waals surface area contributed by atoms with E-state index in [1.54, 1.807) is 12.3 Å². The number of benzene rings is 1. The van der Waals surface area contributed by atoms with Gasteiger partial charge in [-0.1, -0.05) is 6.07 Å². The van der Waals surface area contributed by atoms with Crippen molar-refractivity contribution in [1.29, 1.82) is 0 Å². The molecule has 4 heteroatoms. The van der Waals surface area contributed by atoms with Crippen molar-refractivity contribution in [3.63, 3.8) is 0 Å². The van der Waals surface area contributed by atoms with Gasteiger partial charge in [0.05, 0.1) is 12.8 Å². The zero-order valence-electron chi connectivity index (χ0n) is 10.4. The highest BCUT2D eigenvalue weighted by Crippen LogP contribution is 2.58. The summed E-state index contributed by atoms with van der Waals surface area (Å²) in [6.07, 6.45) is 4.00. The van der Waals surface area contributed by atoms with Crippen LogP contribution < -0.4 is 15.2 Å². The molecule has 96 valence electrons. The largest absolute Gasteiger partial charge is 0.492 e. The van der Waals surface area contributed by atoms with Crippen LogP contribution in [0.5, 0.6) is 17.2 Å². The van der Waals surface area contributed by atoms with Crippen molar-refractivity contribution in [2.75, 3.05) is 12.3 Å². The van der Waals surface area contributed by atoms with Crippen molar-refractivity contribution in [3.8, 4) is 17.2 Å². The molecule has 0 amide bonds. The lowest BCUT2D eigenvalue weighted by Gasteiger charge is -2.12. The van der Waals surface area contributed by atoms with Crippen LogP contribution in [0.4, 0.5) is 5.82 Å². The molecule has 0 radical (unpaired) electrons. The number of pyridine rings is 1. The van der Waals surface area contributed by atoms with Crippen LogP contribution in [-0.4, -0.2) is 11.6 Å². The molecule has 0 saturated heterocycles. The molecular formula is C15H14N2O2. The molecule has 1 aliphatic carbocycles. The Hall–Kier alpha value is -2.23. The average molecular weight is 254 g/mol. The van der Waals surface area contributed by atoms with E-state index in [1.807, 2.05) is 24.3 Å². The number of ether oxygens (including phenoxy) is 2. The Morgan fingerprint density at radius 3 is 2.84 bits per heavy atom. The van der Waals surface area contributed by atoms with Gasteiger partial charge in [0.1, 0.15) is 23.1 Å². The number of anilines is 1. The molecular weight excluding hydrogens is 240 g/mol. The number of hydrogen-bond donors (Lipinski definition) is 1. The molecule has 1 aromatic heterocycles. The van der Waals surface area contributed by atoms with Crippen molar-refractivity contribution >= 4 is 5.82 Å². The zero-order chi connectivity index (χ0) is 12.9. The summed E-state index contributed by atoms with van der Waals surface area (Å²) in [5, 5.41) is 0. The molecule has 1 aromatic carbocycles. The molecule has 2 aromatic rings. The van der Waals surface area contributed by atoms with Crippen LogP contribution in [0.25, 0.3) is 0 Å². The first-order valence-electron chi connectivity index (χ1n) is 6.43. The topological polar surface area (TPSA) is 57.4 Å². The fourth-order valence-electron chi connectivity index (χ4n) is 2.65. The van der Waals surface area contributed by atoms with Gasteiger partial charge in [-0.15, -0.1) is 0 Å². The summed E-state index contributed by atoms with van der Waals surface area (Å²) in [7, 11) is 0. The highest BCUT2D eigenvalue weighted by molar-refractivity contribution is 5.56. The zero-order valence-corrected chi connectivity index (χ0v) is 10.4. The van der Waals surface area contributed by atoms with Gasteiger partial charge in [0.25, 0.3) is 0 Å². The number of rotatable bonds is 2. The van der Waals surface area contributed by atoms with Gasteiger partial charge in [0.2, 0.25) is 0 Å². The quantitative estimate of drug-likeness (QED) is 0.895. The maximum atomic E-state index is 5.95. The van der Waals surface area contributed by atoms with E-state index in [0.29, 0.717) is 11.6 Å². The minimum Gasteiger partial charge on any atom is -0.492 e. The maximum absolute atomic E-state index is 5.95. The van der Waals surface area contributed by atoms with E-state index < -0.39 is 0 Å². The summed E-state index contributed by atoms with van der Waals surface area (Å²) in [4.78, 5) is 4.04. The van der Waals surface area contributed by atoms with Gasteiger partial charge in [0.15, 0.2) is 0 Å². The number of nitrogen functional groups attached to an aromatic ring is 1. The van der Waals surface area contributed by atoms with Crippen LogP contribution >= 0.6 is 0 Å². The molecule has 0 unspecified atom stereocenters. The molecule has 19 heavy (non-hydrogen) atoms. The molecule has 1 fully saturated rings. The van der Waals surface area contributed by atoms with Gasteiger partial charge in [-0.2, -0.15) is 0 Å². The van der Waals surface area contributed by atoms with Gasteiger partial charge < -0.3 is 15.2 Å². The Morgan fingerprint density at radius 2 is 2.11 bits per heavy atom. The van der Waals surface area contributed by atoms with Crippen LogP contribution in [0.2, 0.25) is 0 Å². The second-order valence-corrected chi connectivity index (χ2v) is 5.22. The predicted molar refractivity (Wildman–Crippen MR) is 71.6 cm³/mol. The fourth-order valence-corrected chi connectivity index (χ4v) is 2.65. The van der Waals surface area contributed by atoms with Gasteiger partial charge in [-0.3, -0.25) is 0 Å². The number of aromatic nitrogens is 1. The Morgan fingerprint density at radius 1 is 1.21 bits per heavy atom. The minimum absolute atomic E-state index is 0.202. The normalized spacial score (nSPS) is 17.9. The lowest BCUT2D eigenvalue weighted by molar-refractivity contribution is 0.323. The monoisotopic (exact) mass is 254 g/mol. The van der Waals surface area contributed by atoms with Crippen molar-refractivity contribution in [1.82, 2.24) is 4.98 Å². The molecule has 1 aliphatic heterocycles. The highest BCUT2D eigenvalue weighted by atomic mass is 16.5. The Bertz CT molecular complexity index is 633. The lowest BCUT2D eigenvalue weighted by atomic mass is 9.97. The van der Waals surface area contributed by atoms with Crippen LogP contribution in [0.3, 0.4) is 0 Å².